The molecule has 3 heteroatoms. The maximum Gasteiger partial charge on any atom is 0.115 e. The number of nitrogens with zero attached hydrogens (tertiary/aromatic N) is 2. The maximum absolute atomic E-state index is 4.14. The molecule has 0 saturated heterocycles. The third-order valence-electron chi connectivity index (χ3n) is 1.83. The summed E-state index contributed by atoms with van der Waals surface area (Å²) in [6.45, 7) is 4.35. The molecule has 70 valence electrons. The van der Waals surface area contributed by atoms with Gasteiger partial charge in [0.1, 0.15) is 6.33 Å². The van der Waals surface area contributed by atoms with E-state index in [0.29, 0.717) is 5.92 Å². The van der Waals surface area contributed by atoms with Gasteiger partial charge in [0.2, 0.25) is 0 Å². The monoisotopic (exact) mass is 240 g/mol. The zero-order valence-electron chi connectivity index (χ0n) is 7.87. The lowest BCUT2D eigenvalue weighted by molar-refractivity contribution is 0.780. The molecule has 0 unspecified atom stereocenters. The van der Waals surface area contributed by atoms with E-state index in [1.165, 1.54) is 5.57 Å². The zero-order chi connectivity index (χ0) is 9.68. The Kier molecular flexibility index (Phi) is 4.09. The first-order valence-corrected chi connectivity index (χ1v) is 5.38. The highest BCUT2D eigenvalue weighted by atomic mass is 79.9. The summed E-state index contributed by atoms with van der Waals surface area (Å²) >= 11 is 3.46. The van der Waals surface area contributed by atoms with Crippen molar-refractivity contribution in [3.63, 3.8) is 0 Å². The molecule has 13 heavy (non-hydrogen) atoms. The number of hydrogen-bond acceptors (Lipinski definition) is 2. The molecule has 1 rings (SSSR count). The Bertz CT molecular complexity index is 280. The van der Waals surface area contributed by atoms with Gasteiger partial charge in [0, 0.05) is 11.5 Å². The van der Waals surface area contributed by atoms with Gasteiger partial charge in [0.05, 0.1) is 5.69 Å². The first-order chi connectivity index (χ1) is 6.24. The first kappa shape index (κ1) is 10.4. The van der Waals surface area contributed by atoms with Gasteiger partial charge in [0.25, 0.3) is 0 Å². The van der Waals surface area contributed by atoms with Crippen molar-refractivity contribution in [2.45, 2.75) is 13.8 Å². The standard InChI is InChI=1S/C10H13BrN2/c1-8(2)9(6-11)5-10-3-4-12-7-13-10/h3-5,7-8H,6H2,1-2H3/b9-5+. The van der Waals surface area contributed by atoms with Crippen molar-refractivity contribution in [3.05, 3.63) is 29.9 Å². The summed E-state index contributed by atoms with van der Waals surface area (Å²) in [5, 5.41) is 0.897. The molecule has 1 aromatic rings. The van der Waals surface area contributed by atoms with Crippen LogP contribution in [0.3, 0.4) is 0 Å². The SMILES string of the molecule is CC(C)/C(=C/c1ccncn1)CBr. The average molecular weight is 241 g/mol. The van der Waals surface area contributed by atoms with Gasteiger partial charge in [-0.15, -0.1) is 0 Å². The van der Waals surface area contributed by atoms with Gasteiger partial charge in [-0.25, -0.2) is 9.97 Å². The molecule has 0 amide bonds. The second-order valence-electron chi connectivity index (χ2n) is 3.14. The van der Waals surface area contributed by atoms with Crippen molar-refractivity contribution in [3.8, 4) is 0 Å². The third kappa shape index (κ3) is 3.27. The lowest BCUT2D eigenvalue weighted by Gasteiger charge is -2.06. The number of alkyl halides is 1. The molecular weight excluding hydrogens is 228 g/mol. The summed E-state index contributed by atoms with van der Waals surface area (Å²) in [6.07, 6.45) is 5.42. The molecule has 0 N–H and O–H groups in total. The Hall–Kier alpha value is -0.700. The van der Waals surface area contributed by atoms with Crippen molar-refractivity contribution < 1.29 is 0 Å². The van der Waals surface area contributed by atoms with Crippen LogP contribution in [-0.4, -0.2) is 15.3 Å². The number of aromatic nitrogens is 2. The summed E-state index contributed by atoms with van der Waals surface area (Å²) in [6, 6.07) is 1.91. The minimum absolute atomic E-state index is 0.550. The van der Waals surface area contributed by atoms with E-state index in [1.807, 2.05) is 6.07 Å². The molecule has 1 heterocycles. The first-order valence-electron chi connectivity index (χ1n) is 4.26. The van der Waals surface area contributed by atoms with E-state index >= 15 is 0 Å². The van der Waals surface area contributed by atoms with E-state index in [4.69, 9.17) is 0 Å². The van der Waals surface area contributed by atoms with E-state index in [0.717, 1.165) is 11.0 Å². The van der Waals surface area contributed by atoms with E-state index < -0.39 is 0 Å². The minimum Gasteiger partial charge on any atom is -0.245 e. The van der Waals surface area contributed by atoms with Gasteiger partial charge in [-0.2, -0.15) is 0 Å². The van der Waals surface area contributed by atoms with E-state index in [2.05, 4.69) is 45.8 Å². The summed E-state index contributed by atoms with van der Waals surface area (Å²) in [5.41, 5.74) is 2.32. The Morgan fingerprint density at radius 3 is 2.85 bits per heavy atom. The Labute approximate surface area is 87.2 Å². The van der Waals surface area contributed by atoms with Crippen LogP contribution in [0.25, 0.3) is 6.08 Å². The van der Waals surface area contributed by atoms with Crippen LogP contribution in [-0.2, 0) is 0 Å². The molecule has 0 fully saturated rings. The fraction of sp³-hybridized carbons (Fsp3) is 0.400. The van der Waals surface area contributed by atoms with Crippen LogP contribution < -0.4 is 0 Å². The predicted octanol–water partition coefficient (Wildman–Crippen LogP) is 2.91. The summed E-state index contributed by atoms with van der Waals surface area (Å²) < 4.78 is 0. The van der Waals surface area contributed by atoms with Crippen LogP contribution in [0.2, 0.25) is 0 Å². The van der Waals surface area contributed by atoms with Gasteiger partial charge in [-0.05, 0) is 18.1 Å². The number of rotatable bonds is 3. The number of halogens is 1. The molecule has 0 aromatic carbocycles. The van der Waals surface area contributed by atoms with Gasteiger partial charge < -0.3 is 0 Å². The fourth-order valence-corrected chi connectivity index (χ4v) is 1.75. The molecule has 0 bridgehead atoms. The van der Waals surface area contributed by atoms with Gasteiger partial charge in [-0.3, -0.25) is 0 Å². The summed E-state index contributed by atoms with van der Waals surface area (Å²) in [5.74, 6) is 0.550. The molecule has 1 aromatic heterocycles. The molecule has 2 nitrogen and oxygen atoms in total. The van der Waals surface area contributed by atoms with Crippen LogP contribution in [0.1, 0.15) is 19.5 Å². The lowest BCUT2D eigenvalue weighted by atomic mass is 10.0. The van der Waals surface area contributed by atoms with Gasteiger partial charge in [0.15, 0.2) is 0 Å². The number of hydrogen-bond donors (Lipinski definition) is 0. The third-order valence-corrected chi connectivity index (χ3v) is 2.48. The second-order valence-corrected chi connectivity index (χ2v) is 3.70. The normalized spacial score (nSPS) is 12.2. The maximum atomic E-state index is 4.14. The highest BCUT2D eigenvalue weighted by Crippen LogP contribution is 2.15. The second kappa shape index (κ2) is 5.12. The molecule has 0 atom stereocenters. The van der Waals surface area contributed by atoms with Gasteiger partial charge >= 0.3 is 0 Å². The highest BCUT2D eigenvalue weighted by molar-refractivity contribution is 9.09. The summed E-state index contributed by atoms with van der Waals surface area (Å²) in [4.78, 5) is 8.01. The Morgan fingerprint density at radius 2 is 2.38 bits per heavy atom. The van der Waals surface area contributed by atoms with E-state index in [-0.39, 0.29) is 0 Å². The van der Waals surface area contributed by atoms with Crippen LogP contribution in [0.5, 0.6) is 0 Å². The minimum atomic E-state index is 0.550. The van der Waals surface area contributed by atoms with Crippen LogP contribution in [0.4, 0.5) is 0 Å². The van der Waals surface area contributed by atoms with Crippen molar-refractivity contribution in [2.24, 2.45) is 5.92 Å². The molecule has 0 radical (unpaired) electrons. The lowest BCUT2D eigenvalue weighted by Crippen LogP contribution is -1.95. The molecule has 0 aliphatic heterocycles. The topological polar surface area (TPSA) is 25.8 Å². The molecule has 0 aliphatic rings. The Balaban J connectivity index is 2.85. The largest absolute Gasteiger partial charge is 0.245 e. The highest BCUT2D eigenvalue weighted by Gasteiger charge is 2.01. The molecule has 0 spiro atoms. The van der Waals surface area contributed by atoms with Gasteiger partial charge in [-0.1, -0.05) is 35.4 Å². The number of allylic oxidation sites excluding steroid dienone is 1. The van der Waals surface area contributed by atoms with Crippen molar-refractivity contribution in [1.29, 1.82) is 0 Å². The molecule has 0 saturated carbocycles. The van der Waals surface area contributed by atoms with Crippen LogP contribution in [0, 0.1) is 5.92 Å². The fourth-order valence-electron chi connectivity index (χ4n) is 0.936. The smallest absolute Gasteiger partial charge is 0.115 e. The van der Waals surface area contributed by atoms with Crippen molar-refractivity contribution in [2.75, 3.05) is 5.33 Å². The molecule has 0 aliphatic carbocycles. The Morgan fingerprint density at radius 1 is 1.62 bits per heavy atom. The molecular formula is C10H13BrN2. The quantitative estimate of drug-likeness (QED) is 0.760. The van der Waals surface area contributed by atoms with Crippen molar-refractivity contribution in [1.82, 2.24) is 9.97 Å². The van der Waals surface area contributed by atoms with E-state index in [9.17, 15) is 0 Å². The average Bonchev–Trinajstić information content (AvgIpc) is 2.15. The van der Waals surface area contributed by atoms with Crippen LogP contribution >= 0.6 is 15.9 Å². The zero-order valence-corrected chi connectivity index (χ0v) is 9.45. The predicted molar refractivity (Wildman–Crippen MR) is 58.6 cm³/mol. The van der Waals surface area contributed by atoms with Crippen LogP contribution in [0.15, 0.2) is 24.2 Å². The summed E-state index contributed by atoms with van der Waals surface area (Å²) in [7, 11) is 0. The van der Waals surface area contributed by atoms with Crippen molar-refractivity contribution >= 4 is 22.0 Å². The van der Waals surface area contributed by atoms with E-state index in [1.54, 1.807) is 12.5 Å².